The van der Waals surface area contributed by atoms with E-state index in [0.29, 0.717) is 17.1 Å². The van der Waals surface area contributed by atoms with E-state index >= 15 is 0 Å². The van der Waals surface area contributed by atoms with Crippen LogP contribution in [0.25, 0.3) is 0 Å². The van der Waals surface area contributed by atoms with Gasteiger partial charge in [-0.3, -0.25) is 4.79 Å². The Bertz CT molecular complexity index is 781. The van der Waals surface area contributed by atoms with Gasteiger partial charge < -0.3 is 19.9 Å². The van der Waals surface area contributed by atoms with Crippen LogP contribution in [0.2, 0.25) is 0 Å². The molecule has 0 aliphatic heterocycles. The van der Waals surface area contributed by atoms with E-state index in [4.69, 9.17) is 9.47 Å². The Morgan fingerprint density at radius 3 is 2.37 bits per heavy atom. The largest absolute Gasteiger partial charge is 0.497 e. The number of aliphatic hydroxyl groups is 1. The Hall–Kier alpha value is -2.39. The van der Waals surface area contributed by atoms with Crippen molar-refractivity contribution in [3.05, 3.63) is 53.6 Å². The standard InChI is InChI=1S/C18H18F3NO4S/c1-25-12-5-8-16(26-2)14(9-12)15(23)10-22-17(24)11-3-6-13(7-4-11)27-18(19,20)21/h3-9,15,23H,10H2,1-2H3,(H,22,24). The van der Waals surface area contributed by atoms with Crippen LogP contribution in [0.3, 0.4) is 0 Å². The van der Waals surface area contributed by atoms with Crippen LogP contribution < -0.4 is 14.8 Å². The molecule has 0 spiro atoms. The van der Waals surface area contributed by atoms with E-state index in [1.807, 2.05) is 0 Å². The zero-order valence-electron chi connectivity index (χ0n) is 14.5. The van der Waals surface area contributed by atoms with Gasteiger partial charge in [-0.15, -0.1) is 0 Å². The third kappa shape index (κ3) is 6.07. The lowest BCUT2D eigenvalue weighted by molar-refractivity contribution is -0.0328. The molecule has 5 nitrogen and oxygen atoms in total. The number of hydrogen-bond acceptors (Lipinski definition) is 5. The number of carbonyl (C=O) groups is 1. The van der Waals surface area contributed by atoms with Crippen LogP contribution in [-0.4, -0.2) is 37.3 Å². The Balaban J connectivity index is 2.01. The van der Waals surface area contributed by atoms with E-state index in [1.54, 1.807) is 18.2 Å². The van der Waals surface area contributed by atoms with Crippen molar-refractivity contribution in [1.82, 2.24) is 5.32 Å². The topological polar surface area (TPSA) is 67.8 Å². The van der Waals surface area contributed by atoms with Gasteiger partial charge in [-0.2, -0.15) is 13.2 Å². The molecule has 2 rings (SSSR count). The molecule has 2 aromatic carbocycles. The fourth-order valence-electron chi connectivity index (χ4n) is 2.31. The number of ether oxygens (including phenoxy) is 2. The molecule has 0 fully saturated rings. The molecule has 1 atom stereocenters. The predicted molar refractivity (Wildman–Crippen MR) is 95.2 cm³/mol. The van der Waals surface area contributed by atoms with Crippen LogP contribution in [0.5, 0.6) is 11.5 Å². The molecule has 0 aromatic heterocycles. The van der Waals surface area contributed by atoms with Crippen molar-refractivity contribution in [3.8, 4) is 11.5 Å². The van der Waals surface area contributed by atoms with Gasteiger partial charge in [-0.1, -0.05) is 0 Å². The lowest BCUT2D eigenvalue weighted by Crippen LogP contribution is -2.28. The van der Waals surface area contributed by atoms with Crippen molar-refractivity contribution in [3.63, 3.8) is 0 Å². The zero-order valence-corrected chi connectivity index (χ0v) is 15.4. The first-order valence-corrected chi connectivity index (χ1v) is 8.59. The van der Waals surface area contributed by atoms with E-state index in [2.05, 4.69) is 5.32 Å². The normalized spacial score (nSPS) is 12.4. The highest BCUT2D eigenvalue weighted by Crippen LogP contribution is 2.36. The molecule has 0 aliphatic carbocycles. The van der Waals surface area contributed by atoms with Crippen molar-refractivity contribution < 1.29 is 32.5 Å². The monoisotopic (exact) mass is 401 g/mol. The summed E-state index contributed by atoms with van der Waals surface area (Å²) < 4.78 is 47.3. The molecule has 0 saturated carbocycles. The van der Waals surface area contributed by atoms with E-state index in [0.717, 1.165) is 0 Å². The summed E-state index contributed by atoms with van der Waals surface area (Å²) in [6, 6.07) is 9.93. The highest BCUT2D eigenvalue weighted by atomic mass is 32.2. The molecule has 1 amide bonds. The van der Waals surface area contributed by atoms with Crippen molar-refractivity contribution in [2.24, 2.45) is 0 Å². The van der Waals surface area contributed by atoms with Gasteiger partial charge in [-0.25, -0.2) is 0 Å². The third-order valence-electron chi connectivity index (χ3n) is 3.60. The molecule has 0 heterocycles. The molecule has 1 unspecified atom stereocenters. The van der Waals surface area contributed by atoms with Crippen LogP contribution in [0, 0.1) is 0 Å². The maximum absolute atomic E-state index is 12.3. The van der Waals surface area contributed by atoms with E-state index in [1.165, 1.54) is 38.5 Å². The Morgan fingerprint density at radius 1 is 1.15 bits per heavy atom. The molecule has 2 aromatic rings. The summed E-state index contributed by atoms with van der Waals surface area (Å²) in [5.41, 5.74) is -3.76. The molecule has 27 heavy (non-hydrogen) atoms. The predicted octanol–water partition coefficient (Wildman–Crippen LogP) is 3.78. The molecule has 9 heteroatoms. The second kappa shape index (κ2) is 9.01. The molecule has 0 saturated heterocycles. The SMILES string of the molecule is COc1ccc(OC)c(C(O)CNC(=O)c2ccc(SC(F)(F)F)cc2)c1. The van der Waals surface area contributed by atoms with E-state index in [-0.39, 0.29) is 28.8 Å². The van der Waals surface area contributed by atoms with Crippen LogP contribution >= 0.6 is 11.8 Å². The lowest BCUT2D eigenvalue weighted by Gasteiger charge is -2.16. The summed E-state index contributed by atoms with van der Waals surface area (Å²) in [7, 11) is 2.94. The van der Waals surface area contributed by atoms with Gasteiger partial charge >= 0.3 is 5.51 Å². The highest BCUT2D eigenvalue weighted by molar-refractivity contribution is 8.00. The van der Waals surface area contributed by atoms with Crippen molar-refractivity contribution in [2.75, 3.05) is 20.8 Å². The van der Waals surface area contributed by atoms with Gasteiger partial charge in [0.1, 0.15) is 17.6 Å². The van der Waals surface area contributed by atoms with Crippen molar-refractivity contribution in [1.29, 1.82) is 0 Å². The molecule has 0 radical (unpaired) electrons. The van der Waals surface area contributed by atoms with Crippen LogP contribution in [0.1, 0.15) is 22.0 Å². The van der Waals surface area contributed by atoms with Crippen LogP contribution in [0.4, 0.5) is 13.2 Å². The number of rotatable bonds is 7. The number of alkyl halides is 3. The summed E-state index contributed by atoms with van der Waals surface area (Å²) in [5.74, 6) is 0.444. The van der Waals surface area contributed by atoms with Gasteiger partial charge in [0.25, 0.3) is 5.91 Å². The average molecular weight is 401 g/mol. The van der Waals surface area contributed by atoms with Crippen molar-refractivity contribution in [2.45, 2.75) is 16.5 Å². The summed E-state index contributed by atoms with van der Waals surface area (Å²) >= 11 is -0.253. The minimum absolute atomic E-state index is 0.0137. The van der Waals surface area contributed by atoms with Crippen LogP contribution in [-0.2, 0) is 0 Å². The first kappa shape index (κ1) is 20.9. The number of nitrogens with one attached hydrogen (secondary N) is 1. The molecule has 0 bridgehead atoms. The number of amides is 1. The van der Waals surface area contributed by atoms with Gasteiger partial charge in [-0.05, 0) is 54.2 Å². The van der Waals surface area contributed by atoms with Crippen molar-refractivity contribution >= 4 is 17.7 Å². The number of halogens is 3. The molecular formula is C18H18F3NO4S. The molecule has 2 N–H and O–H groups in total. The van der Waals surface area contributed by atoms with Gasteiger partial charge in [0.2, 0.25) is 0 Å². The Morgan fingerprint density at radius 2 is 1.81 bits per heavy atom. The smallest absolute Gasteiger partial charge is 0.446 e. The lowest BCUT2D eigenvalue weighted by atomic mass is 10.1. The minimum Gasteiger partial charge on any atom is -0.497 e. The van der Waals surface area contributed by atoms with Gasteiger partial charge in [0.15, 0.2) is 0 Å². The van der Waals surface area contributed by atoms with E-state index in [9.17, 15) is 23.1 Å². The number of benzene rings is 2. The van der Waals surface area contributed by atoms with Gasteiger partial charge in [0, 0.05) is 22.6 Å². The van der Waals surface area contributed by atoms with E-state index < -0.39 is 17.5 Å². The second-order valence-electron chi connectivity index (χ2n) is 5.41. The first-order chi connectivity index (χ1) is 12.7. The molecular weight excluding hydrogens is 383 g/mol. The summed E-state index contributed by atoms with van der Waals surface area (Å²) in [5, 5.41) is 12.9. The fraction of sp³-hybridized carbons (Fsp3) is 0.278. The number of methoxy groups -OCH3 is 2. The Kier molecular flexibility index (Phi) is 6.98. The van der Waals surface area contributed by atoms with Gasteiger partial charge in [0.05, 0.1) is 14.2 Å². The second-order valence-corrected chi connectivity index (χ2v) is 6.54. The maximum Gasteiger partial charge on any atom is 0.446 e. The highest BCUT2D eigenvalue weighted by Gasteiger charge is 2.29. The maximum atomic E-state index is 12.3. The third-order valence-corrected chi connectivity index (χ3v) is 4.34. The number of aliphatic hydroxyl groups excluding tert-OH is 1. The molecule has 0 aliphatic rings. The summed E-state index contributed by atoms with van der Waals surface area (Å²) in [4.78, 5) is 12.1. The minimum atomic E-state index is -4.39. The quantitative estimate of drug-likeness (QED) is 0.692. The summed E-state index contributed by atoms with van der Waals surface area (Å²) in [6.45, 7) is -0.110. The summed E-state index contributed by atoms with van der Waals surface area (Å²) in [6.07, 6.45) is -1.06. The zero-order chi connectivity index (χ0) is 20.0. The molecule has 146 valence electrons. The van der Waals surface area contributed by atoms with Crippen LogP contribution in [0.15, 0.2) is 47.4 Å². The number of hydrogen-bond donors (Lipinski definition) is 2. The number of thioether (sulfide) groups is 1. The first-order valence-electron chi connectivity index (χ1n) is 7.77. The fourth-order valence-corrected chi connectivity index (χ4v) is 2.85. The average Bonchev–Trinajstić information content (AvgIpc) is 2.64. The number of carbonyl (C=O) groups excluding carboxylic acids is 1. The Labute approximate surface area is 158 Å².